The van der Waals surface area contributed by atoms with Crippen LogP contribution in [0.25, 0.3) is 0 Å². The van der Waals surface area contributed by atoms with E-state index < -0.39 is 6.10 Å². The normalized spacial score (nSPS) is 15.1. The third-order valence-electron chi connectivity index (χ3n) is 4.65. The molecule has 0 radical (unpaired) electrons. The Bertz CT molecular complexity index is 714. The van der Waals surface area contributed by atoms with Crippen LogP contribution in [0.15, 0.2) is 48.5 Å². The summed E-state index contributed by atoms with van der Waals surface area (Å²) in [5.74, 6) is 0.525. The van der Waals surface area contributed by atoms with Crippen molar-refractivity contribution in [1.82, 2.24) is 4.90 Å². The van der Waals surface area contributed by atoms with Crippen molar-refractivity contribution in [3.63, 3.8) is 0 Å². The molecule has 1 heterocycles. The molecule has 2 aromatic carbocycles. The van der Waals surface area contributed by atoms with E-state index in [1.54, 1.807) is 24.3 Å². The lowest BCUT2D eigenvalue weighted by Gasteiger charge is -2.36. The number of nitrogens with zero attached hydrogens (tertiary/aromatic N) is 2. The first-order chi connectivity index (χ1) is 13.6. The number of halogens is 4. The van der Waals surface area contributed by atoms with Crippen LogP contribution in [0, 0.1) is 5.82 Å². The Balaban J connectivity index is 0.00000225. The van der Waals surface area contributed by atoms with Gasteiger partial charge in [-0.05, 0) is 48.5 Å². The van der Waals surface area contributed by atoms with E-state index in [9.17, 15) is 9.50 Å². The molecule has 1 aliphatic heterocycles. The van der Waals surface area contributed by atoms with Gasteiger partial charge in [0.05, 0.1) is 19.3 Å². The van der Waals surface area contributed by atoms with E-state index in [0.717, 1.165) is 37.6 Å². The number of hydrogen-bond acceptors (Lipinski definition) is 5. The molecule has 30 heavy (non-hydrogen) atoms. The molecule has 1 fully saturated rings. The highest BCUT2D eigenvalue weighted by Crippen LogP contribution is 2.17. The van der Waals surface area contributed by atoms with E-state index in [4.69, 9.17) is 21.1 Å². The van der Waals surface area contributed by atoms with Crippen molar-refractivity contribution >= 4 is 42.1 Å². The van der Waals surface area contributed by atoms with Gasteiger partial charge >= 0.3 is 0 Å². The van der Waals surface area contributed by atoms with Gasteiger partial charge in [0.25, 0.3) is 0 Å². The second-order valence-electron chi connectivity index (χ2n) is 6.80. The fourth-order valence-corrected chi connectivity index (χ4v) is 3.29. The summed E-state index contributed by atoms with van der Waals surface area (Å²) in [4.78, 5) is 4.45. The molecule has 0 amide bonds. The second kappa shape index (κ2) is 13.9. The molecule has 2 aromatic rings. The van der Waals surface area contributed by atoms with Gasteiger partial charge in [0.2, 0.25) is 0 Å². The molecule has 1 saturated heterocycles. The highest BCUT2D eigenvalue weighted by molar-refractivity contribution is 6.30. The predicted molar refractivity (Wildman–Crippen MR) is 123 cm³/mol. The molecular weight excluding hydrogens is 454 g/mol. The van der Waals surface area contributed by atoms with Gasteiger partial charge in [0.1, 0.15) is 18.2 Å². The Morgan fingerprint density at radius 2 is 1.57 bits per heavy atom. The minimum absolute atomic E-state index is 0. The van der Waals surface area contributed by atoms with Crippen molar-refractivity contribution in [3.8, 4) is 5.75 Å². The number of β-amino-alcohol motifs (C(OH)–C–C–N with tert-alkyl or cyclic N) is 1. The molecule has 1 unspecified atom stereocenters. The molecular formula is C21H28Cl3FN2O3. The summed E-state index contributed by atoms with van der Waals surface area (Å²) >= 11 is 5.83. The zero-order valence-corrected chi connectivity index (χ0v) is 19.0. The van der Waals surface area contributed by atoms with Crippen LogP contribution >= 0.6 is 36.4 Å². The van der Waals surface area contributed by atoms with Crippen LogP contribution in [-0.4, -0.2) is 68.7 Å². The van der Waals surface area contributed by atoms with Gasteiger partial charge in [0, 0.05) is 43.4 Å². The van der Waals surface area contributed by atoms with E-state index in [-0.39, 0.29) is 37.2 Å². The van der Waals surface area contributed by atoms with Crippen molar-refractivity contribution in [2.75, 3.05) is 57.4 Å². The average molecular weight is 482 g/mol. The number of anilines is 1. The van der Waals surface area contributed by atoms with Gasteiger partial charge in [-0.15, -0.1) is 24.8 Å². The Morgan fingerprint density at radius 3 is 2.20 bits per heavy atom. The van der Waals surface area contributed by atoms with Gasteiger partial charge in [0.15, 0.2) is 0 Å². The maximum Gasteiger partial charge on any atom is 0.123 e. The number of benzene rings is 2. The van der Waals surface area contributed by atoms with Crippen LogP contribution in [0.3, 0.4) is 0 Å². The monoisotopic (exact) mass is 480 g/mol. The molecule has 0 bridgehead atoms. The molecule has 9 heteroatoms. The van der Waals surface area contributed by atoms with Crippen LogP contribution < -0.4 is 9.64 Å². The van der Waals surface area contributed by atoms with Crippen LogP contribution in [0.2, 0.25) is 5.02 Å². The Kier molecular flexibility index (Phi) is 12.4. The fraction of sp³-hybridized carbons (Fsp3) is 0.429. The highest BCUT2D eigenvalue weighted by Gasteiger charge is 2.19. The summed E-state index contributed by atoms with van der Waals surface area (Å²) in [5.41, 5.74) is 1.03. The Morgan fingerprint density at radius 1 is 0.933 bits per heavy atom. The summed E-state index contributed by atoms with van der Waals surface area (Å²) < 4.78 is 24.1. The first-order valence-corrected chi connectivity index (χ1v) is 9.85. The first kappa shape index (κ1) is 26.8. The SMILES string of the molecule is Cl.Cl.OC(COCCOc1ccc(Cl)cc1)CN1CCN(c2ccc(F)cc2)CC1. The van der Waals surface area contributed by atoms with E-state index >= 15 is 0 Å². The number of rotatable bonds is 9. The molecule has 0 aliphatic carbocycles. The van der Waals surface area contributed by atoms with Crippen molar-refractivity contribution in [2.45, 2.75) is 6.10 Å². The minimum atomic E-state index is -0.534. The van der Waals surface area contributed by atoms with Gasteiger partial charge in [-0.2, -0.15) is 0 Å². The fourth-order valence-electron chi connectivity index (χ4n) is 3.16. The molecule has 1 atom stereocenters. The topological polar surface area (TPSA) is 45.2 Å². The van der Waals surface area contributed by atoms with E-state index in [0.29, 0.717) is 24.8 Å². The zero-order chi connectivity index (χ0) is 19.8. The van der Waals surface area contributed by atoms with Crippen molar-refractivity contribution < 1.29 is 19.0 Å². The number of piperazine rings is 1. The largest absolute Gasteiger partial charge is 0.491 e. The maximum atomic E-state index is 13.0. The minimum Gasteiger partial charge on any atom is -0.491 e. The molecule has 5 nitrogen and oxygen atoms in total. The summed E-state index contributed by atoms with van der Waals surface area (Å²) in [6.07, 6.45) is -0.534. The average Bonchev–Trinajstić information content (AvgIpc) is 2.70. The number of aliphatic hydroxyl groups excluding tert-OH is 1. The lowest BCUT2D eigenvalue weighted by molar-refractivity contribution is 0.00718. The highest BCUT2D eigenvalue weighted by atomic mass is 35.5. The van der Waals surface area contributed by atoms with Gasteiger partial charge < -0.3 is 19.5 Å². The van der Waals surface area contributed by atoms with Gasteiger partial charge in [-0.25, -0.2) is 4.39 Å². The molecule has 1 aliphatic rings. The van der Waals surface area contributed by atoms with Crippen LogP contribution in [0.1, 0.15) is 0 Å². The van der Waals surface area contributed by atoms with Crippen LogP contribution in [0.5, 0.6) is 5.75 Å². The molecule has 0 spiro atoms. The zero-order valence-electron chi connectivity index (χ0n) is 16.6. The summed E-state index contributed by atoms with van der Waals surface area (Å²) in [5, 5.41) is 10.9. The van der Waals surface area contributed by atoms with Crippen LogP contribution in [0.4, 0.5) is 10.1 Å². The number of ether oxygens (including phenoxy) is 2. The third kappa shape index (κ3) is 8.84. The first-order valence-electron chi connectivity index (χ1n) is 9.47. The molecule has 168 valence electrons. The summed E-state index contributed by atoms with van der Waals surface area (Å²) in [7, 11) is 0. The molecule has 0 saturated carbocycles. The van der Waals surface area contributed by atoms with E-state index in [1.165, 1.54) is 12.1 Å². The quantitative estimate of drug-likeness (QED) is 0.550. The summed E-state index contributed by atoms with van der Waals surface area (Å²) in [6, 6.07) is 13.7. The summed E-state index contributed by atoms with van der Waals surface area (Å²) in [6.45, 7) is 5.12. The maximum absolute atomic E-state index is 13.0. The van der Waals surface area contributed by atoms with E-state index in [1.807, 2.05) is 12.1 Å². The molecule has 3 rings (SSSR count). The van der Waals surface area contributed by atoms with Crippen molar-refractivity contribution in [2.24, 2.45) is 0 Å². The lowest BCUT2D eigenvalue weighted by atomic mass is 10.2. The standard InChI is InChI=1S/C21H26ClFN2O3.2ClH/c22-17-1-7-21(8-2-17)28-14-13-27-16-20(26)15-24-9-11-25(12-10-24)19-5-3-18(23)4-6-19;;/h1-8,20,26H,9-16H2;2*1H. The van der Waals surface area contributed by atoms with Gasteiger partial charge in [-0.1, -0.05) is 11.6 Å². The van der Waals surface area contributed by atoms with Crippen molar-refractivity contribution in [1.29, 1.82) is 0 Å². The molecule has 1 N–H and O–H groups in total. The Hall–Kier alpha value is -1.28. The number of aliphatic hydroxyl groups is 1. The Labute approximate surface area is 194 Å². The van der Waals surface area contributed by atoms with E-state index in [2.05, 4.69) is 9.80 Å². The van der Waals surface area contributed by atoms with Gasteiger partial charge in [-0.3, -0.25) is 4.90 Å². The smallest absolute Gasteiger partial charge is 0.123 e. The lowest BCUT2D eigenvalue weighted by Crippen LogP contribution is -2.49. The second-order valence-corrected chi connectivity index (χ2v) is 7.23. The third-order valence-corrected chi connectivity index (χ3v) is 4.91. The molecule has 0 aromatic heterocycles. The van der Waals surface area contributed by atoms with Crippen LogP contribution in [-0.2, 0) is 4.74 Å². The van der Waals surface area contributed by atoms with Crippen molar-refractivity contribution in [3.05, 3.63) is 59.4 Å². The predicted octanol–water partition coefficient (Wildman–Crippen LogP) is 3.90. The number of hydrogen-bond donors (Lipinski definition) is 1.